The molecule has 4 rings (SSSR count). The first-order chi connectivity index (χ1) is 13.9. The van der Waals surface area contributed by atoms with E-state index in [1.165, 1.54) is 10.7 Å². The molecule has 9 heteroatoms. The zero-order valence-corrected chi connectivity index (χ0v) is 15.8. The van der Waals surface area contributed by atoms with Crippen LogP contribution in [0, 0.1) is 18.6 Å². The van der Waals surface area contributed by atoms with Crippen molar-refractivity contribution in [2.45, 2.75) is 13.0 Å². The first-order valence-electron chi connectivity index (χ1n) is 8.93. The van der Waals surface area contributed by atoms with Crippen molar-refractivity contribution in [3.05, 3.63) is 59.4 Å². The molecule has 3 heterocycles. The molecule has 1 aromatic carbocycles. The Bertz CT molecular complexity index is 1060. The van der Waals surface area contributed by atoms with E-state index in [0.29, 0.717) is 24.8 Å². The molecule has 0 saturated carbocycles. The summed E-state index contributed by atoms with van der Waals surface area (Å²) in [5, 5.41) is 6.39. The summed E-state index contributed by atoms with van der Waals surface area (Å²) >= 11 is 0. The second-order valence-electron chi connectivity index (χ2n) is 6.70. The summed E-state index contributed by atoms with van der Waals surface area (Å²) in [4.78, 5) is 16.8. The monoisotopic (exact) mass is 400 g/mol. The van der Waals surface area contributed by atoms with Crippen LogP contribution >= 0.6 is 0 Å². The number of carbonyl (C=O) groups is 1. The molecule has 0 atom stereocenters. The van der Waals surface area contributed by atoms with E-state index in [1.807, 2.05) is 6.92 Å². The molecule has 1 aliphatic rings. The summed E-state index contributed by atoms with van der Waals surface area (Å²) in [5.74, 6) is -1.94. The maximum absolute atomic E-state index is 13.8. The molecule has 2 aromatic heterocycles. The van der Waals surface area contributed by atoms with E-state index in [0.717, 1.165) is 23.3 Å². The third kappa shape index (κ3) is 3.81. The second kappa shape index (κ2) is 7.59. The van der Waals surface area contributed by atoms with Crippen LogP contribution in [0.4, 0.5) is 14.5 Å². The van der Waals surface area contributed by atoms with Gasteiger partial charge in [0.1, 0.15) is 23.4 Å². The molecule has 1 aliphatic heterocycles. The van der Waals surface area contributed by atoms with Gasteiger partial charge in [-0.15, -0.1) is 0 Å². The molecule has 0 radical (unpaired) electrons. The molecular formula is C20H18F2N4O3. The normalized spacial score (nSPS) is 13.8. The smallest absolute Gasteiger partial charge is 0.276 e. The number of nitrogens with zero attached hydrogens (tertiary/aromatic N) is 3. The number of rotatable bonds is 5. The molecule has 0 aliphatic carbocycles. The van der Waals surface area contributed by atoms with Crippen molar-refractivity contribution >= 4 is 11.6 Å². The van der Waals surface area contributed by atoms with Gasteiger partial charge < -0.3 is 14.8 Å². The van der Waals surface area contributed by atoms with Gasteiger partial charge in [0.05, 0.1) is 18.9 Å². The number of aromatic nitrogens is 3. The van der Waals surface area contributed by atoms with Gasteiger partial charge in [-0.1, -0.05) is 6.07 Å². The van der Waals surface area contributed by atoms with Crippen molar-refractivity contribution in [3.63, 3.8) is 0 Å². The molecule has 1 N–H and O–H groups in total. The molecule has 1 saturated heterocycles. The maximum atomic E-state index is 13.8. The highest BCUT2D eigenvalue weighted by Gasteiger charge is 2.22. The zero-order valence-electron chi connectivity index (χ0n) is 15.8. The standard InChI is InChI=1S/C20H18F2N4O3/c1-11-6-18(29-12-9-28-10-12)23-8-13(11)17-7-16(25-26(17)2)20(27)24-19-14(21)4-3-5-15(19)22/h3-8,12H,9-10H2,1-2H3,(H,24,27). The molecule has 1 fully saturated rings. The summed E-state index contributed by atoms with van der Waals surface area (Å²) in [6, 6.07) is 6.70. The Hall–Kier alpha value is -3.33. The highest BCUT2D eigenvalue weighted by Crippen LogP contribution is 2.27. The summed E-state index contributed by atoms with van der Waals surface area (Å²) in [7, 11) is 1.67. The average Bonchev–Trinajstić information content (AvgIpc) is 3.03. The molecule has 150 valence electrons. The number of anilines is 1. The Morgan fingerprint density at radius 1 is 1.28 bits per heavy atom. The lowest BCUT2D eigenvalue weighted by Gasteiger charge is -2.26. The molecule has 29 heavy (non-hydrogen) atoms. The SMILES string of the molecule is Cc1cc(OC2COC2)ncc1-c1cc(C(=O)Nc2c(F)cccc2F)nn1C. The number of benzene rings is 1. The Morgan fingerprint density at radius 2 is 2.00 bits per heavy atom. The van der Waals surface area contributed by atoms with Crippen molar-refractivity contribution in [3.8, 4) is 17.1 Å². The molecular weight excluding hydrogens is 382 g/mol. The number of ether oxygens (including phenoxy) is 2. The van der Waals surface area contributed by atoms with E-state index >= 15 is 0 Å². The van der Waals surface area contributed by atoms with Crippen LogP contribution in [0.3, 0.4) is 0 Å². The topological polar surface area (TPSA) is 78.3 Å². The predicted molar refractivity (Wildman–Crippen MR) is 101 cm³/mol. The van der Waals surface area contributed by atoms with E-state index in [2.05, 4.69) is 15.4 Å². The Kier molecular flexibility index (Phi) is 4.98. The summed E-state index contributed by atoms with van der Waals surface area (Å²) in [6.45, 7) is 2.99. The number of hydrogen-bond acceptors (Lipinski definition) is 5. The van der Waals surface area contributed by atoms with Crippen LogP contribution in [-0.2, 0) is 11.8 Å². The van der Waals surface area contributed by atoms with Crippen LogP contribution in [-0.4, -0.2) is 40.0 Å². The van der Waals surface area contributed by atoms with Gasteiger partial charge >= 0.3 is 0 Å². The fraction of sp³-hybridized carbons (Fsp3) is 0.250. The number of hydrogen-bond donors (Lipinski definition) is 1. The number of halogens is 2. The first-order valence-corrected chi connectivity index (χ1v) is 8.93. The number of aryl methyl sites for hydroxylation is 2. The van der Waals surface area contributed by atoms with Gasteiger partial charge in [-0.05, 0) is 30.7 Å². The van der Waals surface area contributed by atoms with Crippen LogP contribution in [0.5, 0.6) is 5.88 Å². The summed E-state index contributed by atoms with van der Waals surface area (Å²) < 4.78 is 39.8. The minimum atomic E-state index is -0.859. The van der Waals surface area contributed by atoms with Gasteiger partial charge in [0, 0.05) is 24.9 Å². The number of para-hydroxylation sites is 1. The van der Waals surface area contributed by atoms with E-state index in [4.69, 9.17) is 9.47 Å². The zero-order chi connectivity index (χ0) is 20.5. The number of pyridine rings is 1. The highest BCUT2D eigenvalue weighted by atomic mass is 19.1. The van der Waals surface area contributed by atoms with E-state index in [9.17, 15) is 13.6 Å². The quantitative estimate of drug-likeness (QED) is 0.712. The number of carbonyl (C=O) groups excluding carboxylic acids is 1. The lowest BCUT2D eigenvalue weighted by Crippen LogP contribution is -2.38. The van der Waals surface area contributed by atoms with Gasteiger partial charge in [-0.2, -0.15) is 5.10 Å². The summed E-state index contributed by atoms with van der Waals surface area (Å²) in [6.07, 6.45) is 1.65. The van der Waals surface area contributed by atoms with Crippen molar-refractivity contribution in [2.24, 2.45) is 7.05 Å². The van der Waals surface area contributed by atoms with Crippen LogP contribution in [0.25, 0.3) is 11.3 Å². The van der Waals surface area contributed by atoms with Crippen LogP contribution in [0.1, 0.15) is 16.1 Å². The van der Waals surface area contributed by atoms with Gasteiger partial charge in [-0.3, -0.25) is 9.48 Å². The third-order valence-corrected chi connectivity index (χ3v) is 4.57. The van der Waals surface area contributed by atoms with Crippen LogP contribution in [0.2, 0.25) is 0 Å². The molecule has 0 unspecified atom stereocenters. The average molecular weight is 400 g/mol. The van der Waals surface area contributed by atoms with Crippen LogP contribution in [0.15, 0.2) is 36.5 Å². The molecule has 1 amide bonds. The number of amides is 1. The van der Waals surface area contributed by atoms with E-state index < -0.39 is 23.2 Å². The Morgan fingerprint density at radius 3 is 2.62 bits per heavy atom. The third-order valence-electron chi connectivity index (χ3n) is 4.57. The molecule has 0 bridgehead atoms. The fourth-order valence-electron chi connectivity index (χ4n) is 2.94. The summed E-state index contributed by atoms with van der Waals surface area (Å²) in [5.41, 5.74) is 1.78. The largest absolute Gasteiger partial charge is 0.469 e. The van der Waals surface area contributed by atoms with E-state index in [-0.39, 0.29) is 11.8 Å². The second-order valence-corrected chi connectivity index (χ2v) is 6.70. The lowest BCUT2D eigenvalue weighted by atomic mass is 10.1. The Labute approximate surface area is 165 Å². The number of nitrogens with one attached hydrogen (secondary N) is 1. The van der Waals surface area contributed by atoms with Gasteiger partial charge in [0.25, 0.3) is 5.91 Å². The molecule has 7 nitrogen and oxygen atoms in total. The minimum Gasteiger partial charge on any atom is -0.469 e. The maximum Gasteiger partial charge on any atom is 0.276 e. The van der Waals surface area contributed by atoms with Crippen molar-refractivity contribution in [1.29, 1.82) is 0 Å². The fourth-order valence-corrected chi connectivity index (χ4v) is 2.94. The van der Waals surface area contributed by atoms with Crippen molar-refractivity contribution < 1.29 is 23.0 Å². The first kappa shape index (κ1) is 19.0. The van der Waals surface area contributed by atoms with Gasteiger partial charge in [0.2, 0.25) is 5.88 Å². The Balaban J connectivity index is 1.56. The lowest BCUT2D eigenvalue weighted by molar-refractivity contribution is -0.0813. The van der Waals surface area contributed by atoms with Crippen LogP contribution < -0.4 is 10.1 Å². The van der Waals surface area contributed by atoms with Gasteiger partial charge in [0.15, 0.2) is 5.69 Å². The van der Waals surface area contributed by atoms with E-state index in [1.54, 1.807) is 25.4 Å². The molecule has 0 spiro atoms. The minimum absolute atomic E-state index is 0.0125. The predicted octanol–water partition coefficient (Wildman–Crippen LogP) is 3.10. The van der Waals surface area contributed by atoms with Crippen molar-refractivity contribution in [2.75, 3.05) is 18.5 Å². The molecule has 3 aromatic rings. The van der Waals surface area contributed by atoms with Crippen molar-refractivity contribution in [1.82, 2.24) is 14.8 Å². The highest BCUT2D eigenvalue weighted by molar-refractivity contribution is 6.03. The van der Waals surface area contributed by atoms with Gasteiger partial charge in [-0.25, -0.2) is 13.8 Å².